The van der Waals surface area contributed by atoms with Gasteiger partial charge in [0.25, 0.3) is 0 Å². The molecule has 0 aromatic carbocycles. The van der Waals surface area contributed by atoms with Gasteiger partial charge in [-0.2, -0.15) is 10.2 Å². The van der Waals surface area contributed by atoms with Crippen molar-refractivity contribution in [2.45, 2.75) is 78.2 Å². The van der Waals surface area contributed by atoms with E-state index in [4.69, 9.17) is 0 Å². The number of nitrogens with one attached hydrogen (secondary N) is 1. The minimum absolute atomic E-state index is 0.417. The van der Waals surface area contributed by atoms with Crippen LogP contribution in [0.4, 0.5) is 0 Å². The van der Waals surface area contributed by atoms with E-state index in [9.17, 15) is 0 Å². The molecule has 1 atom stereocenters. The van der Waals surface area contributed by atoms with Gasteiger partial charge in [0.2, 0.25) is 0 Å². The summed E-state index contributed by atoms with van der Waals surface area (Å²) in [5.41, 5.74) is 3.37. The maximum absolute atomic E-state index is 4.24. The molecule has 0 radical (unpaired) electrons. The van der Waals surface area contributed by atoms with E-state index in [1.165, 1.54) is 56.9 Å². The molecule has 1 heterocycles. The summed E-state index contributed by atoms with van der Waals surface area (Å²) >= 11 is 0. The molecule has 1 rings (SSSR count). The summed E-state index contributed by atoms with van der Waals surface area (Å²) in [4.78, 5) is 0. The van der Waals surface area contributed by atoms with Crippen molar-refractivity contribution in [3.63, 3.8) is 0 Å². The molecule has 1 unspecified atom stereocenters. The van der Waals surface area contributed by atoms with Gasteiger partial charge in [0, 0.05) is 6.04 Å². The fourth-order valence-electron chi connectivity index (χ4n) is 2.68. The third-order valence-corrected chi connectivity index (χ3v) is 3.96. The predicted octanol–water partition coefficient (Wildman–Crippen LogP) is 4.49. The van der Waals surface area contributed by atoms with Crippen LogP contribution < -0.4 is 5.32 Å². The average molecular weight is 277 g/mol. The smallest absolute Gasteiger partial charge is 0.0648 e. The lowest BCUT2D eigenvalue weighted by Gasteiger charge is -2.18. The Labute approximate surface area is 124 Å². The van der Waals surface area contributed by atoms with Gasteiger partial charge in [-0.3, -0.25) is 0 Å². The Bertz CT molecular complexity index is 376. The van der Waals surface area contributed by atoms with Crippen molar-refractivity contribution in [2.24, 2.45) is 0 Å². The molecule has 0 saturated carbocycles. The Morgan fingerprint density at radius 3 is 2.30 bits per heavy atom. The van der Waals surface area contributed by atoms with Gasteiger partial charge in [0.05, 0.1) is 11.4 Å². The summed E-state index contributed by atoms with van der Waals surface area (Å²) in [6.07, 6.45) is 10.7. The molecule has 0 amide bonds. The molecule has 3 nitrogen and oxygen atoms in total. The van der Waals surface area contributed by atoms with Gasteiger partial charge < -0.3 is 5.32 Å². The van der Waals surface area contributed by atoms with Crippen molar-refractivity contribution < 1.29 is 0 Å². The van der Waals surface area contributed by atoms with Crippen LogP contribution in [-0.4, -0.2) is 17.2 Å². The second-order valence-corrected chi connectivity index (χ2v) is 5.78. The summed E-state index contributed by atoms with van der Waals surface area (Å²) in [6.45, 7) is 6.33. The fourth-order valence-corrected chi connectivity index (χ4v) is 2.68. The highest BCUT2D eigenvalue weighted by Gasteiger charge is 2.13. The summed E-state index contributed by atoms with van der Waals surface area (Å²) in [7, 11) is 2.04. The normalized spacial score (nSPS) is 12.6. The highest BCUT2D eigenvalue weighted by Crippen LogP contribution is 2.22. The number of hydrogen-bond donors (Lipinski definition) is 1. The standard InChI is InChI=1S/C17H31N3/c1-5-6-7-8-9-10-11-12-17(18-4)16-13-14(2)19-20-15(16)3/h13,17-18H,5-12H2,1-4H3. The van der Waals surface area contributed by atoms with Gasteiger partial charge in [-0.25, -0.2) is 0 Å². The molecular formula is C17H31N3. The van der Waals surface area contributed by atoms with Crippen LogP contribution in [0.15, 0.2) is 6.07 Å². The molecule has 0 aliphatic heterocycles. The van der Waals surface area contributed by atoms with Crippen LogP contribution in [0.1, 0.15) is 81.3 Å². The van der Waals surface area contributed by atoms with Crippen LogP contribution in [0.5, 0.6) is 0 Å². The highest BCUT2D eigenvalue weighted by molar-refractivity contribution is 5.23. The van der Waals surface area contributed by atoms with Crippen molar-refractivity contribution in [2.75, 3.05) is 7.05 Å². The lowest BCUT2D eigenvalue weighted by Crippen LogP contribution is -2.18. The summed E-state index contributed by atoms with van der Waals surface area (Å²) in [5.74, 6) is 0. The third-order valence-electron chi connectivity index (χ3n) is 3.96. The highest BCUT2D eigenvalue weighted by atomic mass is 15.1. The summed E-state index contributed by atoms with van der Waals surface area (Å²) in [6, 6.07) is 2.59. The Hall–Kier alpha value is -0.960. The van der Waals surface area contributed by atoms with Crippen molar-refractivity contribution in [1.29, 1.82) is 0 Å². The monoisotopic (exact) mass is 277 g/mol. The molecule has 0 saturated heterocycles. The van der Waals surface area contributed by atoms with E-state index in [1.54, 1.807) is 0 Å². The predicted molar refractivity (Wildman–Crippen MR) is 85.9 cm³/mol. The van der Waals surface area contributed by atoms with Crippen LogP contribution >= 0.6 is 0 Å². The SMILES string of the molecule is CCCCCCCCCC(NC)c1cc(C)nnc1C. The number of aryl methyl sites for hydroxylation is 2. The molecule has 20 heavy (non-hydrogen) atoms. The van der Waals surface area contributed by atoms with Crippen LogP contribution in [0, 0.1) is 13.8 Å². The van der Waals surface area contributed by atoms with Crippen molar-refractivity contribution in [3.05, 3.63) is 23.0 Å². The minimum atomic E-state index is 0.417. The topological polar surface area (TPSA) is 37.8 Å². The van der Waals surface area contributed by atoms with Crippen molar-refractivity contribution in [1.82, 2.24) is 15.5 Å². The maximum Gasteiger partial charge on any atom is 0.0648 e. The molecule has 0 fully saturated rings. The van der Waals surface area contributed by atoms with Crippen LogP contribution in [0.3, 0.4) is 0 Å². The van der Waals surface area contributed by atoms with E-state index in [0.717, 1.165) is 11.4 Å². The number of rotatable bonds is 10. The van der Waals surface area contributed by atoms with E-state index in [1.807, 2.05) is 14.0 Å². The van der Waals surface area contributed by atoms with Crippen LogP contribution in [0.25, 0.3) is 0 Å². The number of aromatic nitrogens is 2. The Balaban J connectivity index is 2.34. The van der Waals surface area contributed by atoms with Gasteiger partial charge in [-0.15, -0.1) is 0 Å². The first-order valence-electron chi connectivity index (χ1n) is 8.17. The first-order valence-corrected chi connectivity index (χ1v) is 8.17. The zero-order chi connectivity index (χ0) is 14.8. The van der Waals surface area contributed by atoms with Crippen LogP contribution in [0.2, 0.25) is 0 Å². The molecule has 114 valence electrons. The molecule has 1 N–H and O–H groups in total. The number of hydrogen-bond acceptors (Lipinski definition) is 3. The van der Waals surface area contributed by atoms with E-state index >= 15 is 0 Å². The van der Waals surface area contributed by atoms with E-state index < -0.39 is 0 Å². The van der Waals surface area contributed by atoms with E-state index in [-0.39, 0.29) is 0 Å². The quantitative estimate of drug-likeness (QED) is 0.640. The fraction of sp³-hybridized carbons (Fsp3) is 0.765. The molecule has 1 aromatic rings. The molecule has 0 bridgehead atoms. The molecular weight excluding hydrogens is 246 g/mol. The van der Waals surface area contributed by atoms with Gasteiger partial charge in [-0.1, -0.05) is 51.9 Å². The Kier molecular flexibility index (Phi) is 8.43. The van der Waals surface area contributed by atoms with Crippen molar-refractivity contribution >= 4 is 0 Å². The van der Waals surface area contributed by atoms with Gasteiger partial charge >= 0.3 is 0 Å². The molecule has 1 aromatic heterocycles. The largest absolute Gasteiger partial charge is 0.313 e. The van der Waals surface area contributed by atoms with E-state index in [0.29, 0.717) is 6.04 Å². The van der Waals surface area contributed by atoms with Gasteiger partial charge in [-0.05, 0) is 38.9 Å². The summed E-state index contributed by atoms with van der Waals surface area (Å²) < 4.78 is 0. The second-order valence-electron chi connectivity index (χ2n) is 5.78. The van der Waals surface area contributed by atoms with E-state index in [2.05, 4.69) is 35.4 Å². The first-order chi connectivity index (χ1) is 9.69. The lowest BCUT2D eigenvalue weighted by atomic mass is 9.98. The van der Waals surface area contributed by atoms with Gasteiger partial charge in [0.1, 0.15) is 0 Å². The third kappa shape index (κ3) is 6.00. The maximum atomic E-state index is 4.24. The average Bonchev–Trinajstić information content (AvgIpc) is 2.45. The first kappa shape index (κ1) is 17.1. The molecule has 0 spiro atoms. The van der Waals surface area contributed by atoms with Gasteiger partial charge in [0.15, 0.2) is 0 Å². The molecule has 0 aliphatic rings. The number of unbranched alkanes of at least 4 members (excludes halogenated alkanes) is 6. The zero-order valence-corrected chi connectivity index (χ0v) is 13.7. The lowest BCUT2D eigenvalue weighted by molar-refractivity contribution is 0.491. The second kappa shape index (κ2) is 9.87. The molecule has 0 aliphatic carbocycles. The number of nitrogens with zero attached hydrogens (tertiary/aromatic N) is 2. The Morgan fingerprint density at radius 2 is 1.65 bits per heavy atom. The zero-order valence-electron chi connectivity index (χ0n) is 13.7. The Morgan fingerprint density at radius 1 is 1.00 bits per heavy atom. The minimum Gasteiger partial charge on any atom is -0.313 e. The molecule has 3 heteroatoms. The summed E-state index contributed by atoms with van der Waals surface area (Å²) in [5, 5.41) is 11.8. The van der Waals surface area contributed by atoms with Crippen LogP contribution in [-0.2, 0) is 0 Å². The van der Waals surface area contributed by atoms with Crippen molar-refractivity contribution in [3.8, 4) is 0 Å².